The van der Waals surface area contributed by atoms with Crippen molar-refractivity contribution in [2.24, 2.45) is 14.1 Å². The standard InChI is InChI=1S/C13H11F6N2/c1-20-6-4-3-5-9(20)11-8(12(14,15)16)7-10(21(11)2)13(17,18)19/h3-7H,1-2H3/q+1. The number of nitrogens with zero attached hydrogens (tertiary/aromatic N) is 2. The molecule has 2 aromatic rings. The summed E-state index contributed by atoms with van der Waals surface area (Å²) in [6.07, 6.45) is -8.27. The quantitative estimate of drug-likeness (QED) is 0.563. The summed E-state index contributed by atoms with van der Waals surface area (Å²) in [4.78, 5) is 0. The summed E-state index contributed by atoms with van der Waals surface area (Å²) in [5.74, 6) is 0. The maximum absolute atomic E-state index is 13.1. The Balaban J connectivity index is 2.82. The molecule has 0 aliphatic heterocycles. The number of hydrogen-bond acceptors (Lipinski definition) is 0. The number of hydrogen-bond donors (Lipinski definition) is 0. The minimum Gasteiger partial charge on any atom is -0.335 e. The Kier molecular flexibility index (Phi) is 3.51. The summed E-state index contributed by atoms with van der Waals surface area (Å²) in [7, 11) is 2.44. The Morgan fingerprint density at radius 3 is 2.10 bits per heavy atom. The maximum atomic E-state index is 13.1. The molecule has 0 saturated carbocycles. The average molecular weight is 309 g/mol. The number of halogens is 6. The highest BCUT2D eigenvalue weighted by atomic mass is 19.4. The van der Waals surface area contributed by atoms with Crippen LogP contribution >= 0.6 is 0 Å². The van der Waals surface area contributed by atoms with Gasteiger partial charge in [0.15, 0.2) is 6.20 Å². The molecule has 0 aliphatic rings. The smallest absolute Gasteiger partial charge is 0.335 e. The Morgan fingerprint density at radius 1 is 1.00 bits per heavy atom. The molecule has 2 rings (SSSR count). The SMILES string of the molecule is Cn1c(C(F)(F)F)cc(C(F)(F)F)c1-c1cccc[n+]1C. The van der Waals surface area contributed by atoms with E-state index in [9.17, 15) is 26.3 Å². The Morgan fingerprint density at radius 2 is 1.62 bits per heavy atom. The van der Waals surface area contributed by atoms with Crippen LogP contribution in [0.4, 0.5) is 26.3 Å². The van der Waals surface area contributed by atoms with Gasteiger partial charge < -0.3 is 4.57 Å². The van der Waals surface area contributed by atoms with Crippen LogP contribution in [0.25, 0.3) is 11.4 Å². The fraction of sp³-hybridized carbons (Fsp3) is 0.308. The van der Waals surface area contributed by atoms with E-state index in [4.69, 9.17) is 0 Å². The summed E-state index contributed by atoms with van der Waals surface area (Å²) in [6, 6.07) is 4.52. The first-order valence-corrected chi connectivity index (χ1v) is 5.82. The molecule has 0 aromatic carbocycles. The molecule has 0 bridgehead atoms. The van der Waals surface area contributed by atoms with Crippen molar-refractivity contribution in [3.8, 4) is 11.4 Å². The van der Waals surface area contributed by atoms with E-state index < -0.39 is 29.3 Å². The number of aromatic nitrogens is 2. The molecular weight excluding hydrogens is 298 g/mol. The van der Waals surface area contributed by atoms with Crippen LogP contribution in [-0.2, 0) is 26.4 Å². The summed E-state index contributed by atoms with van der Waals surface area (Å²) in [5.41, 5.74) is -3.12. The molecule has 0 amide bonds. The lowest BCUT2D eigenvalue weighted by Gasteiger charge is -2.10. The number of alkyl halides is 6. The van der Waals surface area contributed by atoms with Gasteiger partial charge in [0.1, 0.15) is 18.4 Å². The van der Waals surface area contributed by atoms with Gasteiger partial charge in [-0.2, -0.15) is 30.9 Å². The minimum atomic E-state index is -4.88. The number of rotatable bonds is 1. The molecular formula is C13H11F6N2+. The van der Waals surface area contributed by atoms with Crippen LogP contribution < -0.4 is 4.57 Å². The lowest BCUT2D eigenvalue weighted by molar-refractivity contribution is -0.660. The third kappa shape index (κ3) is 2.74. The average Bonchev–Trinajstić information content (AvgIpc) is 2.67. The Bertz CT molecular complexity index is 666. The van der Waals surface area contributed by atoms with Crippen molar-refractivity contribution in [3.05, 3.63) is 41.7 Å². The van der Waals surface area contributed by atoms with Crippen LogP contribution in [-0.4, -0.2) is 4.57 Å². The molecule has 2 aromatic heterocycles. The van der Waals surface area contributed by atoms with E-state index in [0.29, 0.717) is 4.57 Å². The van der Waals surface area contributed by atoms with E-state index in [1.165, 1.54) is 29.9 Å². The third-order valence-electron chi connectivity index (χ3n) is 3.13. The van der Waals surface area contributed by atoms with Crippen molar-refractivity contribution < 1.29 is 30.9 Å². The van der Waals surface area contributed by atoms with Gasteiger partial charge in [-0.3, -0.25) is 0 Å². The highest BCUT2D eigenvalue weighted by Crippen LogP contribution is 2.42. The molecule has 0 atom stereocenters. The maximum Gasteiger partial charge on any atom is 0.431 e. The second-order valence-corrected chi connectivity index (χ2v) is 4.54. The summed E-state index contributed by atoms with van der Waals surface area (Å²) in [6.45, 7) is 0. The monoisotopic (exact) mass is 309 g/mol. The summed E-state index contributed by atoms with van der Waals surface area (Å²) in [5, 5.41) is 0. The van der Waals surface area contributed by atoms with Crippen LogP contribution in [0, 0.1) is 0 Å². The molecule has 0 radical (unpaired) electrons. The predicted octanol–water partition coefficient (Wildman–Crippen LogP) is 3.55. The first kappa shape index (κ1) is 15.4. The molecule has 21 heavy (non-hydrogen) atoms. The van der Waals surface area contributed by atoms with Gasteiger partial charge in [0.05, 0.1) is 5.56 Å². The molecule has 0 fully saturated rings. The van der Waals surface area contributed by atoms with Crippen molar-refractivity contribution in [1.82, 2.24) is 4.57 Å². The number of pyridine rings is 1. The van der Waals surface area contributed by atoms with E-state index in [0.717, 1.165) is 7.05 Å². The van der Waals surface area contributed by atoms with Gasteiger partial charge in [-0.15, -0.1) is 0 Å². The molecule has 0 aliphatic carbocycles. The Labute approximate surface area is 116 Å². The first-order chi connectivity index (χ1) is 9.53. The molecule has 8 heteroatoms. The van der Waals surface area contributed by atoms with Gasteiger partial charge in [0.2, 0.25) is 5.69 Å². The van der Waals surface area contributed by atoms with E-state index >= 15 is 0 Å². The second kappa shape index (κ2) is 4.78. The van der Waals surface area contributed by atoms with E-state index in [-0.39, 0.29) is 11.8 Å². The molecule has 2 heterocycles. The molecule has 114 valence electrons. The van der Waals surface area contributed by atoms with Crippen LogP contribution in [0.1, 0.15) is 11.3 Å². The van der Waals surface area contributed by atoms with Crippen LogP contribution in [0.2, 0.25) is 0 Å². The molecule has 0 N–H and O–H groups in total. The van der Waals surface area contributed by atoms with Gasteiger partial charge in [-0.25, -0.2) is 0 Å². The normalized spacial score (nSPS) is 12.8. The van der Waals surface area contributed by atoms with Crippen molar-refractivity contribution >= 4 is 0 Å². The molecule has 0 saturated heterocycles. The van der Waals surface area contributed by atoms with Crippen molar-refractivity contribution in [2.45, 2.75) is 12.4 Å². The minimum absolute atomic E-state index is 0.0443. The zero-order chi connectivity index (χ0) is 16.0. The topological polar surface area (TPSA) is 8.81 Å². The fourth-order valence-corrected chi connectivity index (χ4v) is 2.17. The van der Waals surface area contributed by atoms with Gasteiger partial charge >= 0.3 is 12.4 Å². The van der Waals surface area contributed by atoms with E-state index in [1.807, 2.05) is 0 Å². The van der Waals surface area contributed by atoms with Gasteiger partial charge in [0.25, 0.3) is 0 Å². The van der Waals surface area contributed by atoms with Gasteiger partial charge in [-0.1, -0.05) is 0 Å². The lowest BCUT2D eigenvalue weighted by Crippen LogP contribution is -2.31. The number of aryl methyl sites for hydroxylation is 1. The Hall–Kier alpha value is -1.99. The van der Waals surface area contributed by atoms with Crippen molar-refractivity contribution in [2.75, 3.05) is 0 Å². The molecule has 0 unspecified atom stereocenters. The van der Waals surface area contributed by atoms with Crippen LogP contribution in [0.15, 0.2) is 30.5 Å². The molecule has 2 nitrogen and oxygen atoms in total. The third-order valence-corrected chi connectivity index (χ3v) is 3.13. The largest absolute Gasteiger partial charge is 0.431 e. The van der Waals surface area contributed by atoms with Crippen molar-refractivity contribution in [3.63, 3.8) is 0 Å². The second-order valence-electron chi connectivity index (χ2n) is 4.54. The van der Waals surface area contributed by atoms with Crippen LogP contribution in [0.3, 0.4) is 0 Å². The van der Waals surface area contributed by atoms with Crippen molar-refractivity contribution in [1.29, 1.82) is 0 Å². The molecule has 0 spiro atoms. The highest BCUT2D eigenvalue weighted by Gasteiger charge is 2.44. The first-order valence-electron chi connectivity index (χ1n) is 5.82. The summed E-state index contributed by atoms with van der Waals surface area (Å²) < 4.78 is 79.6. The van der Waals surface area contributed by atoms with Gasteiger partial charge in [0, 0.05) is 19.2 Å². The van der Waals surface area contributed by atoms with E-state index in [2.05, 4.69) is 0 Å². The summed E-state index contributed by atoms with van der Waals surface area (Å²) >= 11 is 0. The fourth-order valence-electron chi connectivity index (χ4n) is 2.17. The van der Waals surface area contributed by atoms with Gasteiger partial charge in [-0.05, 0) is 12.1 Å². The zero-order valence-corrected chi connectivity index (χ0v) is 11.0. The lowest BCUT2D eigenvalue weighted by atomic mass is 10.1. The van der Waals surface area contributed by atoms with E-state index in [1.54, 1.807) is 6.07 Å². The predicted molar refractivity (Wildman–Crippen MR) is 62.0 cm³/mol. The van der Waals surface area contributed by atoms with Crippen LogP contribution in [0.5, 0.6) is 0 Å². The zero-order valence-electron chi connectivity index (χ0n) is 11.0. The highest BCUT2D eigenvalue weighted by molar-refractivity contribution is 5.60.